The van der Waals surface area contributed by atoms with Crippen molar-refractivity contribution in [3.05, 3.63) is 52.0 Å². The summed E-state index contributed by atoms with van der Waals surface area (Å²) < 4.78 is 0. The van der Waals surface area contributed by atoms with Crippen LogP contribution in [-0.4, -0.2) is 39.3 Å². The first-order chi connectivity index (χ1) is 12.6. The molecule has 0 saturated carbocycles. The molecule has 0 aliphatic carbocycles. The van der Waals surface area contributed by atoms with Gasteiger partial charge >= 0.3 is 0 Å². The summed E-state index contributed by atoms with van der Waals surface area (Å²) in [6.07, 6.45) is 8.75. The van der Waals surface area contributed by atoms with E-state index in [0.29, 0.717) is 12.3 Å². The Bertz CT molecular complexity index is 760. The molecular formula is C21H27N3OS. The summed E-state index contributed by atoms with van der Waals surface area (Å²) >= 11 is 1.90. The van der Waals surface area contributed by atoms with Gasteiger partial charge in [0, 0.05) is 53.7 Å². The van der Waals surface area contributed by atoms with Crippen LogP contribution in [0.4, 0.5) is 0 Å². The Morgan fingerprint density at radius 2 is 1.92 bits per heavy atom. The second-order valence-electron chi connectivity index (χ2n) is 7.70. The number of aryl methyl sites for hydroxylation is 1. The minimum absolute atomic E-state index is 0.0560. The molecule has 1 atom stereocenters. The molecule has 1 amide bonds. The van der Waals surface area contributed by atoms with Crippen molar-refractivity contribution in [3.8, 4) is 0 Å². The zero-order valence-corrected chi connectivity index (χ0v) is 16.3. The van der Waals surface area contributed by atoms with E-state index >= 15 is 0 Å². The Kier molecular flexibility index (Phi) is 5.09. The maximum absolute atomic E-state index is 12.6. The van der Waals surface area contributed by atoms with E-state index in [4.69, 9.17) is 0 Å². The van der Waals surface area contributed by atoms with E-state index in [1.54, 1.807) is 0 Å². The lowest BCUT2D eigenvalue weighted by molar-refractivity contribution is -0.132. The Balaban J connectivity index is 1.46. The average molecular weight is 370 g/mol. The van der Waals surface area contributed by atoms with E-state index in [1.165, 1.54) is 21.7 Å². The number of hydrogen-bond donors (Lipinski definition) is 0. The Morgan fingerprint density at radius 1 is 1.08 bits per heavy atom. The topological polar surface area (TPSA) is 36.4 Å². The maximum Gasteiger partial charge on any atom is 0.223 e. The fourth-order valence-corrected chi connectivity index (χ4v) is 5.44. The summed E-state index contributed by atoms with van der Waals surface area (Å²) in [5.41, 5.74) is 1.24. The molecule has 138 valence electrons. The molecule has 2 aliphatic heterocycles. The van der Waals surface area contributed by atoms with Gasteiger partial charge in [0.2, 0.25) is 5.91 Å². The van der Waals surface area contributed by atoms with Gasteiger partial charge in [-0.2, -0.15) is 0 Å². The van der Waals surface area contributed by atoms with Gasteiger partial charge in [-0.15, -0.1) is 11.3 Å². The number of likely N-dealkylation sites (tertiary alicyclic amines) is 2. The fourth-order valence-electron chi connectivity index (χ4n) is 4.50. The van der Waals surface area contributed by atoms with E-state index < -0.39 is 0 Å². The summed E-state index contributed by atoms with van der Waals surface area (Å²) in [5.74, 6) is 0.323. The van der Waals surface area contributed by atoms with Gasteiger partial charge in [-0.3, -0.25) is 14.7 Å². The second kappa shape index (κ2) is 7.49. The van der Waals surface area contributed by atoms with Crippen LogP contribution in [0.15, 0.2) is 36.7 Å². The van der Waals surface area contributed by atoms with Crippen molar-refractivity contribution in [2.75, 3.05) is 13.1 Å². The standard InChI is InChI=1S/C21H27N3OS/c1-17-3-4-19(26-17)16-23-13-2-8-21(10-14-23)9-5-20(25)24(21)15-18-6-11-22-12-7-18/h3-4,6-7,11-12H,2,5,8-10,13-16H2,1H3/t21-/m0/s1. The van der Waals surface area contributed by atoms with Gasteiger partial charge in [0.05, 0.1) is 0 Å². The summed E-state index contributed by atoms with van der Waals surface area (Å²) in [5, 5.41) is 0. The first-order valence-corrected chi connectivity index (χ1v) is 10.4. The number of carbonyl (C=O) groups excluding carboxylic acids is 1. The molecule has 2 aliphatic rings. The lowest BCUT2D eigenvalue weighted by atomic mass is 9.87. The molecule has 4 rings (SSSR count). The van der Waals surface area contributed by atoms with Gasteiger partial charge in [-0.1, -0.05) is 0 Å². The van der Waals surface area contributed by atoms with Crippen molar-refractivity contribution in [2.45, 2.75) is 57.7 Å². The Hall–Kier alpha value is -1.72. The number of rotatable bonds is 4. The normalized spacial score (nSPS) is 24.3. The van der Waals surface area contributed by atoms with Crippen LogP contribution in [0.3, 0.4) is 0 Å². The first kappa shape index (κ1) is 17.7. The minimum Gasteiger partial charge on any atom is -0.333 e. The average Bonchev–Trinajstić information content (AvgIpc) is 3.10. The third-order valence-corrected chi connectivity index (χ3v) is 6.94. The molecule has 0 unspecified atom stereocenters. The van der Waals surface area contributed by atoms with E-state index in [0.717, 1.165) is 45.4 Å². The minimum atomic E-state index is 0.0560. The van der Waals surface area contributed by atoms with Crippen LogP contribution in [0.1, 0.15) is 47.4 Å². The molecule has 0 radical (unpaired) electrons. The summed E-state index contributed by atoms with van der Waals surface area (Å²) in [6.45, 7) is 6.16. The lowest BCUT2D eigenvalue weighted by Gasteiger charge is -2.38. The predicted octanol–water partition coefficient (Wildman–Crippen LogP) is 4.00. The number of amides is 1. The monoisotopic (exact) mass is 369 g/mol. The highest BCUT2D eigenvalue weighted by atomic mass is 32.1. The molecule has 2 fully saturated rings. The highest BCUT2D eigenvalue weighted by Gasteiger charge is 2.45. The number of thiophene rings is 1. The quantitative estimate of drug-likeness (QED) is 0.817. The molecule has 26 heavy (non-hydrogen) atoms. The lowest BCUT2D eigenvalue weighted by Crippen LogP contribution is -2.45. The third kappa shape index (κ3) is 3.69. The van der Waals surface area contributed by atoms with Crippen molar-refractivity contribution in [1.82, 2.24) is 14.8 Å². The molecule has 2 aromatic rings. The van der Waals surface area contributed by atoms with E-state index in [9.17, 15) is 4.79 Å². The molecular weight excluding hydrogens is 342 g/mol. The van der Waals surface area contributed by atoms with Gasteiger partial charge in [0.15, 0.2) is 0 Å². The number of aromatic nitrogens is 1. The van der Waals surface area contributed by atoms with Crippen molar-refractivity contribution < 1.29 is 4.79 Å². The van der Waals surface area contributed by atoms with Gasteiger partial charge in [0.1, 0.15) is 0 Å². The van der Waals surface area contributed by atoms with Crippen molar-refractivity contribution in [1.29, 1.82) is 0 Å². The first-order valence-electron chi connectivity index (χ1n) is 9.62. The summed E-state index contributed by atoms with van der Waals surface area (Å²) in [6, 6.07) is 8.53. The molecule has 2 saturated heterocycles. The second-order valence-corrected chi connectivity index (χ2v) is 9.07. The van der Waals surface area contributed by atoms with Crippen molar-refractivity contribution in [3.63, 3.8) is 0 Å². The van der Waals surface area contributed by atoms with Crippen LogP contribution >= 0.6 is 11.3 Å². The van der Waals surface area contributed by atoms with Crippen LogP contribution < -0.4 is 0 Å². The molecule has 2 aromatic heterocycles. The van der Waals surface area contributed by atoms with Crippen LogP contribution in [-0.2, 0) is 17.9 Å². The summed E-state index contributed by atoms with van der Waals surface area (Å²) in [7, 11) is 0. The number of pyridine rings is 1. The Labute approximate surface area is 159 Å². The van der Waals surface area contributed by atoms with Crippen molar-refractivity contribution >= 4 is 17.2 Å². The van der Waals surface area contributed by atoms with Crippen LogP contribution in [0.25, 0.3) is 0 Å². The molecule has 0 aromatic carbocycles. The zero-order valence-electron chi connectivity index (χ0n) is 15.5. The number of nitrogens with zero attached hydrogens (tertiary/aromatic N) is 3. The highest BCUT2D eigenvalue weighted by Crippen LogP contribution is 2.40. The maximum atomic E-state index is 12.6. The van der Waals surface area contributed by atoms with E-state index in [1.807, 2.05) is 35.9 Å². The molecule has 0 N–H and O–H groups in total. The van der Waals surface area contributed by atoms with Crippen LogP contribution in [0, 0.1) is 6.92 Å². The Morgan fingerprint density at radius 3 is 2.69 bits per heavy atom. The molecule has 0 bridgehead atoms. The van der Waals surface area contributed by atoms with Gasteiger partial charge < -0.3 is 4.90 Å². The van der Waals surface area contributed by atoms with Gasteiger partial charge in [-0.25, -0.2) is 0 Å². The smallest absolute Gasteiger partial charge is 0.223 e. The largest absolute Gasteiger partial charge is 0.333 e. The van der Waals surface area contributed by atoms with Crippen LogP contribution in [0.5, 0.6) is 0 Å². The zero-order chi connectivity index (χ0) is 18.0. The molecule has 1 spiro atoms. The summed E-state index contributed by atoms with van der Waals surface area (Å²) in [4.78, 5) is 24.3. The highest BCUT2D eigenvalue weighted by molar-refractivity contribution is 7.11. The molecule has 4 heterocycles. The van der Waals surface area contributed by atoms with Crippen molar-refractivity contribution in [2.24, 2.45) is 0 Å². The SMILES string of the molecule is Cc1ccc(CN2CCC[C@]3(CCC(=O)N3Cc3ccncc3)CC2)s1. The number of carbonyl (C=O) groups is 1. The van der Waals surface area contributed by atoms with E-state index in [2.05, 4.69) is 33.8 Å². The fraction of sp³-hybridized carbons (Fsp3) is 0.524. The molecule has 4 nitrogen and oxygen atoms in total. The van der Waals surface area contributed by atoms with Gasteiger partial charge in [0.25, 0.3) is 0 Å². The molecule has 5 heteroatoms. The van der Waals surface area contributed by atoms with E-state index in [-0.39, 0.29) is 5.54 Å². The predicted molar refractivity (Wildman–Crippen MR) is 105 cm³/mol. The van der Waals surface area contributed by atoms with Crippen LogP contribution in [0.2, 0.25) is 0 Å². The third-order valence-electron chi connectivity index (χ3n) is 5.95. The van der Waals surface area contributed by atoms with Gasteiger partial charge in [-0.05, 0) is 69.0 Å². The number of hydrogen-bond acceptors (Lipinski definition) is 4.